The number of thiophene rings is 1. The lowest BCUT2D eigenvalue weighted by Crippen LogP contribution is -2.03. The Morgan fingerprint density at radius 1 is 0.564 bits per heavy atom. The Labute approximate surface area is 226 Å². The number of nitrogens with one attached hydrogen (secondary N) is 2. The van der Waals surface area contributed by atoms with Crippen LogP contribution in [0.15, 0.2) is 84.9 Å². The van der Waals surface area contributed by atoms with E-state index in [9.17, 15) is 9.59 Å². The van der Waals surface area contributed by atoms with Crippen molar-refractivity contribution in [2.45, 2.75) is 0 Å². The summed E-state index contributed by atoms with van der Waals surface area (Å²) in [6.07, 6.45) is 0. The average molecular weight is 531 g/mol. The molecule has 190 valence electrons. The van der Waals surface area contributed by atoms with Crippen molar-refractivity contribution in [3.8, 4) is 22.3 Å². The molecule has 0 fully saturated rings. The highest BCUT2D eigenvalue weighted by Crippen LogP contribution is 2.48. The number of methoxy groups -OCH3 is 2. The molecule has 2 N–H and O–H groups in total. The van der Waals surface area contributed by atoms with Gasteiger partial charge in [0.25, 0.3) is 0 Å². The Kier molecular flexibility index (Phi) is 5.28. The maximum atomic E-state index is 13.0. The van der Waals surface area contributed by atoms with Crippen LogP contribution in [0, 0.1) is 0 Å². The maximum absolute atomic E-state index is 13.0. The highest BCUT2D eigenvalue weighted by molar-refractivity contribution is 7.26. The van der Waals surface area contributed by atoms with E-state index in [-0.39, 0.29) is 0 Å². The van der Waals surface area contributed by atoms with Gasteiger partial charge >= 0.3 is 11.9 Å². The van der Waals surface area contributed by atoms with Crippen molar-refractivity contribution in [2.75, 3.05) is 14.2 Å². The van der Waals surface area contributed by atoms with Crippen LogP contribution in [-0.4, -0.2) is 36.1 Å². The van der Waals surface area contributed by atoms with E-state index in [1.807, 2.05) is 72.8 Å². The van der Waals surface area contributed by atoms with Gasteiger partial charge in [0, 0.05) is 53.1 Å². The van der Waals surface area contributed by atoms with E-state index >= 15 is 0 Å². The van der Waals surface area contributed by atoms with Gasteiger partial charge in [-0.05, 0) is 35.4 Å². The van der Waals surface area contributed by atoms with Gasteiger partial charge in [-0.1, -0.05) is 60.7 Å². The first-order valence-electron chi connectivity index (χ1n) is 12.4. The second-order valence-corrected chi connectivity index (χ2v) is 10.4. The van der Waals surface area contributed by atoms with E-state index < -0.39 is 11.9 Å². The fourth-order valence-electron chi connectivity index (χ4n) is 5.62. The highest BCUT2D eigenvalue weighted by Gasteiger charge is 2.26. The van der Waals surface area contributed by atoms with E-state index in [2.05, 4.69) is 22.1 Å². The molecule has 0 saturated carbocycles. The van der Waals surface area contributed by atoms with Crippen LogP contribution < -0.4 is 0 Å². The lowest BCUT2D eigenvalue weighted by molar-refractivity contribution is 0.0587. The molecule has 6 nitrogen and oxygen atoms in total. The molecule has 0 aliphatic carbocycles. The number of hydrogen-bond donors (Lipinski definition) is 2. The third-order valence-corrected chi connectivity index (χ3v) is 8.35. The molecule has 0 aliphatic rings. The first-order chi connectivity index (χ1) is 19.1. The summed E-state index contributed by atoms with van der Waals surface area (Å²) in [6, 6.07) is 27.9. The van der Waals surface area contributed by atoms with Gasteiger partial charge in [0.2, 0.25) is 0 Å². The van der Waals surface area contributed by atoms with Gasteiger partial charge in [0.1, 0.15) is 11.4 Å². The molecule has 7 aromatic rings. The molecule has 7 heteroatoms. The molecule has 0 radical (unpaired) electrons. The van der Waals surface area contributed by atoms with Crippen LogP contribution in [0.3, 0.4) is 0 Å². The number of rotatable bonds is 4. The number of hydrogen-bond acceptors (Lipinski definition) is 5. The molecule has 0 unspecified atom stereocenters. The van der Waals surface area contributed by atoms with Crippen molar-refractivity contribution < 1.29 is 19.1 Å². The number of carbonyl (C=O) groups excluding carboxylic acids is 2. The first kappa shape index (κ1) is 23.3. The molecule has 3 heterocycles. The topological polar surface area (TPSA) is 84.2 Å². The van der Waals surface area contributed by atoms with Crippen LogP contribution in [0.2, 0.25) is 0 Å². The van der Waals surface area contributed by atoms with Gasteiger partial charge in [0.05, 0.1) is 14.2 Å². The number of ether oxygens (including phenoxy) is 2. The average Bonchev–Trinajstić information content (AvgIpc) is 3.67. The summed E-state index contributed by atoms with van der Waals surface area (Å²) in [4.78, 5) is 32.6. The smallest absolute Gasteiger partial charge is 0.355 e. The van der Waals surface area contributed by atoms with E-state index in [1.54, 1.807) is 11.3 Å². The van der Waals surface area contributed by atoms with Crippen molar-refractivity contribution in [1.82, 2.24) is 9.97 Å². The van der Waals surface area contributed by atoms with Gasteiger partial charge in [-0.2, -0.15) is 0 Å². The molecule has 3 aromatic heterocycles. The fraction of sp³-hybridized carbons (Fsp3) is 0.0625. The fourth-order valence-corrected chi connectivity index (χ4v) is 6.74. The molecule has 39 heavy (non-hydrogen) atoms. The molecule has 7 rings (SSSR count). The van der Waals surface area contributed by atoms with Gasteiger partial charge in [-0.15, -0.1) is 11.3 Å². The number of aromatic nitrogens is 2. The number of H-pyrrole nitrogens is 2. The predicted molar refractivity (Wildman–Crippen MR) is 157 cm³/mol. The maximum Gasteiger partial charge on any atom is 0.355 e. The van der Waals surface area contributed by atoms with E-state index in [1.165, 1.54) is 14.2 Å². The monoisotopic (exact) mass is 530 g/mol. The number of fused-ring (bicyclic) bond motifs is 7. The summed E-state index contributed by atoms with van der Waals surface area (Å²) in [5, 5.41) is 3.93. The third kappa shape index (κ3) is 3.40. The zero-order valence-corrected chi connectivity index (χ0v) is 21.9. The standard InChI is InChI=1S/C32H22N2O4S/c1-37-31(35)29-23(17-9-5-3-6-10-17)25-19(33-29)13-15-21-27(25)28-22(39-21)16-14-20-26(28)24(18-11-7-4-8-12-18)30(34-20)32(36)38-2/h3-16,33-34H,1-2H3. The van der Waals surface area contributed by atoms with Gasteiger partial charge < -0.3 is 19.4 Å². The number of aromatic amines is 2. The van der Waals surface area contributed by atoms with Gasteiger partial charge in [-0.25, -0.2) is 9.59 Å². The summed E-state index contributed by atoms with van der Waals surface area (Å²) < 4.78 is 12.5. The van der Waals surface area contributed by atoms with Crippen molar-refractivity contribution in [2.24, 2.45) is 0 Å². The number of carbonyl (C=O) groups is 2. The van der Waals surface area contributed by atoms with Crippen molar-refractivity contribution in [1.29, 1.82) is 0 Å². The van der Waals surface area contributed by atoms with Crippen molar-refractivity contribution in [3.63, 3.8) is 0 Å². The van der Waals surface area contributed by atoms with Crippen LogP contribution in [0.1, 0.15) is 21.0 Å². The largest absolute Gasteiger partial charge is 0.464 e. The predicted octanol–water partition coefficient (Wildman–Crippen LogP) is 7.92. The minimum atomic E-state index is -0.428. The summed E-state index contributed by atoms with van der Waals surface area (Å²) in [5.74, 6) is -0.857. The second-order valence-electron chi connectivity index (χ2n) is 9.29. The number of esters is 2. The molecular weight excluding hydrogens is 508 g/mol. The SMILES string of the molecule is COC(=O)c1[nH]c2ccc3sc4ccc5[nH]c(C(=O)OC)c(-c6ccccc6)c5c4c3c2c1-c1ccccc1. The van der Waals surface area contributed by atoms with Crippen LogP contribution >= 0.6 is 11.3 Å². The molecule has 0 bridgehead atoms. The minimum Gasteiger partial charge on any atom is -0.464 e. The molecule has 0 atom stereocenters. The second kappa shape index (κ2) is 8.85. The van der Waals surface area contributed by atoms with E-state index in [0.717, 1.165) is 64.2 Å². The van der Waals surface area contributed by atoms with Gasteiger partial charge in [0.15, 0.2) is 0 Å². The van der Waals surface area contributed by atoms with Crippen LogP contribution in [-0.2, 0) is 9.47 Å². The number of benzene rings is 4. The Morgan fingerprint density at radius 3 is 1.36 bits per heavy atom. The minimum absolute atomic E-state index is 0.408. The third-order valence-electron chi connectivity index (χ3n) is 7.23. The first-order valence-corrected chi connectivity index (χ1v) is 13.3. The highest BCUT2D eigenvalue weighted by atomic mass is 32.1. The zero-order chi connectivity index (χ0) is 26.7. The molecule has 0 saturated heterocycles. The molecular formula is C32H22N2O4S. The zero-order valence-electron chi connectivity index (χ0n) is 21.1. The van der Waals surface area contributed by atoms with Crippen molar-refractivity contribution in [3.05, 3.63) is 96.3 Å². The lowest BCUT2D eigenvalue weighted by atomic mass is 9.94. The Hall–Kier alpha value is -4.88. The Morgan fingerprint density at radius 2 is 0.974 bits per heavy atom. The molecule has 0 amide bonds. The summed E-state index contributed by atoms with van der Waals surface area (Å²) >= 11 is 1.69. The Balaban J connectivity index is 1.73. The summed E-state index contributed by atoms with van der Waals surface area (Å²) in [6.45, 7) is 0. The normalized spacial score (nSPS) is 11.5. The quantitative estimate of drug-likeness (QED) is 0.226. The lowest BCUT2D eigenvalue weighted by Gasteiger charge is -2.07. The summed E-state index contributed by atoms with van der Waals surface area (Å²) in [5.41, 5.74) is 5.91. The molecule has 4 aromatic carbocycles. The van der Waals surface area contributed by atoms with Gasteiger partial charge in [-0.3, -0.25) is 0 Å². The molecule has 0 aliphatic heterocycles. The van der Waals surface area contributed by atoms with Crippen LogP contribution in [0.4, 0.5) is 0 Å². The van der Waals surface area contributed by atoms with E-state index in [4.69, 9.17) is 9.47 Å². The van der Waals surface area contributed by atoms with Crippen molar-refractivity contribution >= 4 is 65.3 Å². The van der Waals surface area contributed by atoms with Crippen LogP contribution in [0.5, 0.6) is 0 Å². The Bertz CT molecular complexity index is 1920. The van der Waals surface area contributed by atoms with Crippen LogP contribution in [0.25, 0.3) is 64.2 Å². The van der Waals surface area contributed by atoms with E-state index in [0.29, 0.717) is 11.4 Å². The summed E-state index contributed by atoms with van der Waals surface area (Å²) in [7, 11) is 2.78. The molecule has 0 spiro atoms.